The van der Waals surface area contributed by atoms with Crippen molar-refractivity contribution < 1.29 is 14.5 Å². The van der Waals surface area contributed by atoms with E-state index in [1.165, 1.54) is 30.3 Å². The van der Waals surface area contributed by atoms with Gasteiger partial charge in [-0.3, -0.25) is 19.7 Å². The molecule has 2 amide bonds. The van der Waals surface area contributed by atoms with Crippen LogP contribution in [0.25, 0.3) is 0 Å². The fourth-order valence-corrected chi connectivity index (χ4v) is 4.53. The van der Waals surface area contributed by atoms with Crippen molar-refractivity contribution in [1.29, 1.82) is 0 Å². The monoisotopic (exact) mass is 441 g/mol. The van der Waals surface area contributed by atoms with E-state index in [1.807, 2.05) is 24.3 Å². The molecule has 2 N–H and O–H groups in total. The van der Waals surface area contributed by atoms with Gasteiger partial charge < -0.3 is 10.6 Å². The molecular weight excluding hydrogens is 414 g/mol. The lowest BCUT2D eigenvalue weighted by Crippen LogP contribution is -2.24. The van der Waals surface area contributed by atoms with E-state index in [0.29, 0.717) is 5.69 Å². The van der Waals surface area contributed by atoms with Crippen LogP contribution in [0, 0.1) is 23.0 Å². The van der Waals surface area contributed by atoms with E-state index in [1.54, 1.807) is 19.9 Å². The molecule has 2 aromatic rings. The Hall–Kier alpha value is -2.87. The zero-order chi connectivity index (χ0) is 22.4. The van der Waals surface area contributed by atoms with Crippen LogP contribution in [-0.2, 0) is 9.59 Å². The second kappa shape index (κ2) is 10.4. The fraction of sp³-hybridized carbons (Fsp3) is 0.391. The molecule has 1 unspecified atom stereocenters. The number of hydrogen-bond donors (Lipinski definition) is 2. The normalized spacial score (nSPS) is 15.2. The SMILES string of the molecule is Cc1ccc([N+](=O)[O-])cc1NC(=O)C(C)Sc1cccc(NC(=O)C2CCCCC2)c1. The molecule has 0 radical (unpaired) electrons. The average molecular weight is 442 g/mol. The van der Waals surface area contributed by atoms with Crippen LogP contribution in [0.3, 0.4) is 0 Å². The summed E-state index contributed by atoms with van der Waals surface area (Å²) in [5.74, 6) is -0.105. The third kappa shape index (κ3) is 6.30. The Morgan fingerprint density at radius 2 is 1.84 bits per heavy atom. The Balaban J connectivity index is 1.61. The van der Waals surface area contributed by atoms with Gasteiger partial charge >= 0.3 is 0 Å². The van der Waals surface area contributed by atoms with Crippen molar-refractivity contribution in [3.8, 4) is 0 Å². The number of hydrogen-bond acceptors (Lipinski definition) is 5. The van der Waals surface area contributed by atoms with Crippen molar-refractivity contribution in [3.05, 3.63) is 58.1 Å². The standard InChI is InChI=1S/C23H27N3O4S/c1-15-11-12-19(26(29)30)14-21(15)25-22(27)16(2)31-20-10-6-9-18(13-20)24-23(28)17-7-4-3-5-8-17/h6,9-14,16-17H,3-5,7-8H2,1-2H3,(H,24,28)(H,25,27). The van der Waals surface area contributed by atoms with Gasteiger partial charge in [0.15, 0.2) is 0 Å². The first kappa shape index (κ1) is 22.8. The van der Waals surface area contributed by atoms with Crippen LogP contribution in [0.1, 0.15) is 44.6 Å². The van der Waals surface area contributed by atoms with E-state index < -0.39 is 10.2 Å². The van der Waals surface area contributed by atoms with Crippen molar-refractivity contribution in [1.82, 2.24) is 0 Å². The number of carbonyl (C=O) groups excluding carboxylic acids is 2. The smallest absolute Gasteiger partial charge is 0.271 e. The van der Waals surface area contributed by atoms with Gasteiger partial charge in [-0.05, 0) is 50.5 Å². The second-order valence-electron chi connectivity index (χ2n) is 7.86. The first-order valence-electron chi connectivity index (χ1n) is 10.5. The lowest BCUT2D eigenvalue weighted by atomic mass is 9.88. The largest absolute Gasteiger partial charge is 0.326 e. The van der Waals surface area contributed by atoms with Crippen molar-refractivity contribution in [2.75, 3.05) is 10.6 Å². The third-order valence-electron chi connectivity index (χ3n) is 5.45. The molecule has 0 bridgehead atoms. The highest BCUT2D eigenvalue weighted by Crippen LogP contribution is 2.29. The van der Waals surface area contributed by atoms with Gasteiger partial charge in [-0.2, -0.15) is 0 Å². The highest BCUT2D eigenvalue weighted by atomic mass is 32.2. The maximum atomic E-state index is 12.6. The number of anilines is 2. The van der Waals surface area contributed by atoms with Crippen LogP contribution in [0.5, 0.6) is 0 Å². The summed E-state index contributed by atoms with van der Waals surface area (Å²) in [7, 11) is 0. The number of thioether (sulfide) groups is 1. The molecule has 0 heterocycles. The summed E-state index contributed by atoms with van der Waals surface area (Å²) in [5.41, 5.74) is 1.84. The summed E-state index contributed by atoms with van der Waals surface area (Å²) < 4.78 is 0. The lowest BCUT2D eigenvalue weighted by molar-refractivity contribution is -0.384. The van der Waals surface area contributed by atoms with Crippen LogP contribution in [0.4, 0.5) is 17.1 Å². The Bertz CT molecular complexity index is 973. The number of carbonyl (C=O) groups is 2. The minimum atomic E-state index is -0.486. The molecular formula is C23H27N3O4S. The molecule has 0 saturated heterocycles. The minimum absolute atomic E-state index is 0.0637. The van der Waals surface area contributed by atoms with Gasteiger partial charge in [0.05, 0.1) is 15.9 Å². The summed E-state index contributed by atoms with van der Waals surface area (Å²) in [6, 6.07) is 11.9. The third-order valence-corrected chi connectivity index (χ3v) is 6.54. The van der Waals surface area contributed by atoms with Crippen molar-refractivity contribution in [2.45, 2.75) is 56.1 Å². The summed E-state index contributed by atoms with van der Waals surface area (Å²) in [5, 5.41) is 16.3. The fourth-order valence-electron chi connectivity index (χ4n) is 3.61. The van der Waals surface area contributed by atoms with Crippen LogP contribution >= 0.6 is 11.8 Å². The summed E-state index contributed by atoms with van der Waals surface area (Å²) in [6.45, 7) is 3.57. The molecule has 7 nitrogen and oxygen atoms in total. The van der Waals surface area contributed by atoms with Crippen molar-refractivity contribution >= 4 is 40.6 Å². The predicted octanol–water partition coefficient (Wildman–Crippen LogP) is 5.54. The quantitative estimate of drug-likeness (QED) is 0.334. The molecule has 0 aromatic heterocycles. The number of rotatable bonds is 7. The highest BCUT2D eigenvalue weighted by molar-refractivity contribution is 8.00. The Morgan fingerprint density at radius 3 is 2.55 bits per heavy atom. The number of amides is 2. The molecule has 3 rings (SSSR count). The maximum absolute atomic E-state index is 12.6. The molecule has 1 aliphatic carbocycles. The Morgan fingerprint density at radius 1 is 1.10 bits per heavy atom. The van der Waals surface area contributed by atoms with Gasteiger partial charge in [0, 0.05) is 28.6 Å². The molecule has 8 heteroatoms. The van der Waals surface area contributed by atoms with Crippen LogP contribution < -0.4 is 10.6 Å². The molecule has 1 saturated carbocycles. The number of non-ortho nitro benzene ring substituents is 1. The molecule has 1 fully saturated rings. The molecule has 0 aliphatic heterocycles. The molecule has 164 valence electrons. The van der Waals surface area contributed by atoms with Gasteiger partial charge in [0.25, 0.3) is 5.69 Å². The van der Waals surface area contributed by atoms with Crippen LogP contribution in [-0.4, -0.2) is 22.0 Å². The van der Waals surface area contributed by atoms with Crippen molar-refractivity contribution in [3.63, 3.8) is 0 Å². The van der Waals surface area contributed by atoms with Crippen molar-refractivity contribution in [2.24, 2.45) is 5.92 Å². The van der Waals surface area contributed by atoms with E-state index in [0.717, 1.165) is 41.8 Å². The highest BCUT2D eigenvalue weighted by Gasteiger charge is 2.21. The van der Waals surface area contributed by atoms with Gasteiger partial charge in [-0.1, -0.05) is 31.4 Å². The predicted molar refractivity (Wildman–Crippen MR) is 123 cm³/mol. The summed E-state index contributed by atoms with van der Waals surface area (Å²) in [6.07, 6.45) is 5.28. The first-order chi connectivity index (χ1) is 14.8. The van der Waals surface area contributed by atoms with Gasteiger partial charge in [0.2, 0.25) is 11.8 Å². The van der Waals surface area contributed by atoms with E-state index in [4.69, 9.17) is 0 Å². The summed E-state index contributed by atoms with van der Waals surface area (Å²) in [4.78, 5) is 36.5. The lowest BCUT2D eigenvalue weighted by Gasteiger charge is -2.21. The summed E-state index contributed by atoms with van der Waals surface area (Å²) >= 11 is 1.37. The molecule has 0 spiro atoms. The number of nitrogens with one attached hydrogen (secondary N) is 2. The van der Waals surface area contributed by atoms with Gasteiger partial charge in [0.1, 0.15) is 0 Å². The van der Waals surface area contributed by atoms with E-state index in [-0.39, 0.29) is 23.4 Å². The molecule has 31 heavy (non-hydrogen) atoms. The zero-order valence-corrected chi connectivity index (χ0v) is 18.5. The number of benzene rings is 2. The van der Waals surface area contributed by atoms with E-state index in [2.05, 4.69) is 10.6 Å². The number of nitro groups is 1. The van der Waals surface area contributed by atoms with Gasteiger partial charge in [-0.15, -0.1) is 11.8 Å². The first-order valence-corrected chi connectivity index (χ1v) is 11.3. The zero-order valence-electron chi connectivity index (χ0n) is 17.7. The average Bonchev–Trinajstić information content (AvgIpc) is 2.75. The van der Waals surface area contributed by atoms with E-state index >= 15 is 0 Å². The number of nitro benzene ring substituents is 1. The van der Waals surface area contributed by atoms with Crippen LogP contribution in [0.2, 0.25) is 0 Å². The Labute approximate surface area is 186 Å². The van der Waals surface area contributed by atoms with Gasteiger partial charge in [-0.25, -0.2) is 0 Å². The Kier molecular flexibility index (Phi) is 7.68. The van der Waals surface area contributed by atoms with E-state index in [9.17, 15) is 19.7 Å². The molecule has 1 aliphatic rings. The minimum Gasteiger partial charge on any atom is -0.326 e. The number of nitrogens with zero attached hydrogens (tertiary/aromatic N) is 1. The topological polar surface area (TPSA) is 101 Å². The molecule has 2 aromatic carbocycles. The second-order valence-corrected chi connectivity index (χ2v) is 9.27. The van der Waals surface area contributed by atoms with Crippen LogP contribution in [0.15, 0.2) is 47.4 Å². The molecule has 1 atom stereocenters. The maximum Gasteiger partial charge on any atom is 0.271 e. The number of aryl methyl sites for hydroxylation is 1.